The summed E-state index contributed by atoms with van der Waals surface area (Å²) in [6.45, 7) is 3.70. The lowest BCUT2D eigenvalue weighted by Gasteiger charge is -2.30. The number of halogens is 1. The Kier molecular flexibility index (Phi) is 3.56. The Labute approximate surface area is 104 Å². The van der Waals surface area contributed by atoms with Gasteiger partial charge in [-0.15, -0.1) is 11.3 Å². The van der Waals surface area contributed by atoms with Crippen LogP contribution in [0.2, 0.25) is 4.34 Å². The zero-order valence-corrected chi connectivity index (χ0v) is 11.2. The van der Waals surface area contributed by atoms with Crippen LogP contribution in [0.4, 0.5) is 0 Å². The summed E-state index contributed by atoms with van der Waals surface area (Å²) in [4.78, 5) is 0. The lowest BCUT2D eigenvalue weighted by molar-refractivity contribution is 0.311. The molecule has 1 N–H and O–H groups in total. The van der Waals surface area contributed by atoms with Gasteiger partial charge in [0.1, 0.15) is 4.21 Å². The van der Waals surface area contributed by atoms with E-state index < -0.39 is 10.0 Å². The summed E-state index contributed by atoms with van der Waals surface area (Å²) < 4.78 is 26.7. The molecule has 0 aliphatic carbocycles. The molecule has 1 aliphatic rings. The lowest BCUT2D eigenvalue weighted by atomic mass is 10.3. The first-order valence-corrected chi connectivity index (χ1v) is 7.62. The quantitative estimate of drug-likeness (QED) is 0.891. The number of hydrogen-bond acceptors (Lipinski definition) is 4. The van der Waals surface area contributed by atoms with Gasteiger partial charge in [0.2, 0.25) is 0 Å². The van der Waals surface area contributed by atoms with Crippen molar-refractivity contribution in [3.8, 4) is 0 Å². The molecule has 0 saturated carbocycles. The van der Waals surface area contributed by atoms with Gasteiger partial charge in [0.15, 0.2) is 0 Å². The summed E-state index contributed by atoms with van der Waals surface area (Å²) in [5.41, 5.74) is 0. The first-order valence-electron chi connectivity index (χ1n) is 4.99. The molecule has 2 heterocycles. The Bertz CT molecular complexity index is 472. The minimum atomic E-state index is -3.35. The van der Waals surface area contributed by atoms with Crippen LogP contribution in [0, 0.1) is 0 Å². The van der Waals surface area contributed by atoms with Gasteiger partial charge in [0.25, 0.3) is 10.0 Å². The molecular weight excluding hydrogens is 268 g/mol. The second kappa shape index (κ2) is 4.62. The number of hydrogen-bond donors (Lipinski definition) is 1. The summed E-state index contributed by atoms with van der Waals surface area (Å²) in [6, 6.07) is 3.37. The summed E-state index contributed by atoms with van der Waals surface area (Å²) in [5, 5.41) is 3.21. The number of rotatable bonds is 2. The van der Waals surface area contributed by atoms with Crippen LogP contribution in [-0.4, -0.2) is 38.4 Å². The minimum Gasteiger partial charge on any atom is -0.312 e. The van der Waals surface area contributed by atoms with Crippen LogP contribution >= 0.6 is 22.9 Å². The summed E-state index contributed by atoms with van der Waals surface area (Å²) in [6.07, 6.45) is 0. The fourth-order valence-electron chi connectivity index (χ4n) is 1.68. The van der Waals surface area contributed by atoms with Gasteiger partial charge in [0.05, 0.1) is 4.34 Å². The minimum absolute atomic E-state index is 0.193. The number of nitrogens with zero attached hydrogens (tertiary/aromatic N) is 1. The van der Waals surface area contributed by atoms with E-state index in [0.29, 0.717) is 28.2 Å². The van der Waals surface area contributed by atoms with Crippen LogP contribution in [-0.2, 0) is 10.0 Å². The zero-order chi connectivity index (χ0) is 11.8. The van der Waals surface area contributed by atoms with Crippen molar-refractivity contribution in [3.05, 3.63) is 16.5 Å². The zero-order valence-electron chi connectivity index (χ0n) is 8.81. The predicted octanol–water partition coefficient (Wildman–Crippen LogP) is 1.38. The number of nitrogens with one attached hydrogen (secondary N) is 1. The van der Waals surface area contributed by atoms with Gasteiger partial charge >= 0.3 is 0 Å². The summed E-state index contributed by atoms with van der Waals surface area (Å²) >= 11 is 6.86. The highest BCUT2D eigenvalue weighted by molar-refractivity contribution is 7.91. The van der Waals surface area contributed by atoms with Crippen molar-refractivity contribution in [1.82, 2.24) is 9.62 Å². The fourth-order valence-corrected chi connectivity index (χ4v) is 4.85. The molecule has 0 unspecified atom stereocenters. The molecule has 0 bridgehead atoms. The van der Waals surface area contributed by atoms with E-state index in [2.05, 4.69) is 5.32 Å². The number of sulfonamides is 1. The van der Waals surface area contributed by atoms with E-state index in [-0.39, 0.29) is 6.04 Å². The van der Waals surface area contributed by atoms with Gasteiger partial charge in [-0.05, 0) is 19.1 Å². The number of thiophene rings is 1. The third-order valence-electron chi connectivity index (χ3n) is 2.47. The molecule has 1 atom stereocenters. The average Bonchev–Trinajstić information content (AvgIpc) is 2.65. The van der Waals surface area contributed by atoms with Crippen LogP contribution in [0.15, 0.2) is 16.3 Å². The third-order valence-corrected chi connectivity index (χ3v) is 6.04. The van der Waals surface area contributed by atoms with Crippen molar-refractivity contribution in [2.24, 2.45) is 0 Å². The molecule has 4 nitrogen and oxygen atoms in total. The SMILES string of the molecule is C[C@@H]1CN(S(=O)(=O)c2ccc(Cl)s2)CCN1. The van der Waals surface area contributed by atoms with E-state index in [1.54, 1.807) is 12.1 Å². The highest BCUT2D eigenvalue weighted by atomic mass is 35.5. The van der Waals surface area contributed by atoms with Gasteiger partial charge in [-0.3, -0.25) is 0 Å². The van der Waals surface area contributed by atoms with Crippen molar-refractivity contribution in [1.29, 1.82) is 0 Å². The molecule has 90 valence electrons. The molecule has 16 heavy (non-hydrogen) atoms. The van der Waals surface area contributed by atoms with Crippen molar-refractivity contribution < 1.29 is 8.42 Å². The van der Waals surface area contributed by atoms with Crippen molar-refractivity contribution >= 4 is 33.0 Å². The Morgan fingerprint density at radius 3 is 2.88 bits per heavy atom. The van der Waals surface area contributed by atoms with Crippen molar-refractivity contribution in [3.63, 3.8) is 0 Å². The molecule has 7 heteroatoms. The van der Waals surface area contributed by atoms with Crippen LogP contribution in [0.5, 0.6) is 0 Å². The third kappa shape index (κ3) is 2.41. The van der Waals surface area contributed by atoms with Gasteiger partial charge < -0.3 is 5.32 Å². The average molecular weight is 281 g/mol. The van der Waals surface area contributed by atoms with E-state index in [9.17, 15) is 8.42 Å². The molecule has 1 aromatic rings. The maximum atomic E-state index is 12.2. The molecular formula is C9H13ClN2O2S2. The molecule has 1 aliphatic heterocycles. The van der Waals surface area contributed by atoms with Crippen LogP contribution < -0.4 is 5.32 Å². The van der Waals surface area contributed by atoms with Crippen molar-refractivity contribution in [2.75, 3.05) is 19.6 Å². The first kappa shape index (κ1) is 12.3. The molecule has 0 spiro atoms. The molecule has 1 fully saturated rings. The molecule has 0 amide bonds. The molecule has 1 aromatic heterocycles. The van der Waals surface area contributed by atoms with E-state index in [0.717, 1.165) is 11.3 Å². The van der Waals surface area contributed by atoms with E-state index in [4.69, 9.17) is 11.6 Å². The summed E-state index contributed by atoms with van der Waals surface area (Å²) in [7, 11) is -3.35. The van der Waals surface area contributed by atoms with Gasteiger partial charge in [-0.25, -0.2) is 8.42 Å². The number of piperazine rings is 1. The Morgan fingerprint density at radius 1 is 1.56 bits per heavy atom. The molecule has 1 saturated heterocycles. The van der Waals surface area contributed by atoms with Crippen LogP contribution in [0.1, 0.15) is 6.92 Å². The first-order chi connectivity index (χ1) is 7.50. The second-order valence-corrected chi connectivity index (χ2v) is 7.66. The monoisotopic (exact) mass is 280 g/mol. The molecule has 0 radical (unpaired) electrons. The maximum absolute atomic E-state index is 12.2. The topological polar surface area (TPSA) is 49.4 Å². The van der Waals surface area contributed by atoms with Gasteiger partial charge in [0, 0.05) is 25.7 Å². The van der Waals surface area contributed by atoms with E-state index in [1.807, 2.05) is 6.92 Å². The smallest absolute Gasteiger partial charge is 0.252 e. The summed E-state index contributed by atoms with van der Waals surface area (Å²) in [5.74, 6) is 0. The van der Waals surface area contributed by atoms with Gasteiger partial charge in [-0.1, -0.05) is 11.6 Å². The predicted molar refractivity (Wildman–Crippen MR) is 65.6 cm³/mol. The maximum Gasteiger partial charge on any atom is 0.252 e. The Balaban J connectivity index is 2.25. The van der Waals surface area contributed by atoms with Gasteiger partial charge in [-0.2, -0.15) is 4.31 Å². The highest BCUT2D eigenvalue weighted by Crippen LogP contribution is 2.28. The molecule has 2 rings (SSSR count). The van der Waals surface area contributed by atoms with E-state index in [1.165, 1.54) is 4.31 Å². The Morgan fingerprint density at radius 2 is 2.31 bits per heavy atom. The standard InChI is InChI=1S/C9H13ClN2O2S2/c1-7-6-12(5-4-11-7)16(13,14)9-3-2-8(10)15-9/h2-3,7,11H,4-6H2,1H3/t7-/m1/s1. The lowest BCUT2D eigenvalue weighted by Crippen LogP contribution is -2.51. The Hall–Kier alpha value is -0.140. The van der Waals surface area contributed by atoms with E-state index >= 15 is 0 Å². The normalized spacial score (nSPS) is 23.5. The second-order valence-electron chi connectivity index (χ2n) is 3.78. The highest BCUT2D eigenvalue weighted by Gasteiger charge is 2.29. The van der Waals surface area contributed by atoms with Crippen LogP contribution in [0.25, 0.3) is 0 Å². The fraction of sp³-hybridized carbons (Fsp3) is 0.556. The van der Waals surface area contributed by atoms with Crippen molar-refractivity contribution in [2.45, 2.75) is 17.2 Å². The largest absolute Gasteiger partial charge is 0.312 e. The molecule has 0 aromatic carbocycles. The van der Waals surface area contributed by atoms with Crippen LogP contribution in [0.3, 0.4) is 0 Å².